The summed E-state index contributed by atoms with van der Waals surface area (Å²) in [6, 6.07) is 19.4. The van der Waals surface area contributed by atoms with Crippen LogP contribution in [0.5, 0.6) is 23.0 Å². The maximum absolute atomic E-state index is 12.0. The first-order valence-corrected chi connectivity index (χ1v) is 35.3. The number of methoxy groups -OCH3 is 4. The largest absolute Gasteiger partial charge is 0.497 e. The first kappa shape index (κ1) is 73.1. The number of rotatable bonds is 20. The van der Waals surface area contributed by atoms with Crippen molar-refractivity contribution in [2.24, 2.45) is 0 Å². The van der Waals surface area contributed by atoms with E-state index in [-0.39, 0.29) is 32.5 Å². The van der Waals surface area contributed by atoms with Crippen LogP contribution in [0.2, 0.25) is 15.3 Å². The second kappa shape index (κ2) is 35.3. The molecule has 7 N–H and O–H groups in total. The summed E-state index contributed by atoms with van der Waals surface area (Å²) >= 11 is 18.2. The summed E-state index contributed by atoms with van der Waals surface area (Å²) in [5.74, 6) is 8.28. The highest BCUT2D eigenvalue weighted by molar-refractivity contribution is 7.92. The van der Waals surface area contributed by atoms with Crippen LogP contribution in [-0.4, -0.2) is 178 Å². The van der Waals surface area contributed by atoms with Gasteiger partial charge < -0.3 is 65.8 Å². The fraction of sp³-hybridized carbons (Fsp3) is 0.453. The van der Waals surface area contributed by atoms with Gasteiger partial charge in [0.2, 0.25) is 31.3 Å². The Labute approximate surface area is 563 Å². The average Bonchev–Trinajstić information content (AvgIpc) is 1.05. The molecule has 24 nitrogen and oxygen atoms in total. The Morgan fingerprint density at radius 2 is 1.01 bits per heavy atom. The third kappa shape index (κ3) is 21.6. The van der Waals surface area contributed by atoms with Gasteiger partial charge in [-0.25, -0.2) is 26.8 Å². The molecule has 29 heteroatoms. The maximum Gasteiger partial charge on any atom is 0.229 e. The van der Waals surface area contributed by atoms with E-state index in [4.69, 9.17) is 69.0 Å². The van der Waals surface area contributed by atoms with Gasteiger partial charge in [-0.15, -0.1) is 0 Å². The Balaban J connectivity index is 0.000000210. The molecule has 4 fully saturated rings. The van der Waals surface area contributed by atoms with Gasteiger partial charge in [-0.2, -0.15) is 16.9 Å². The number of benzene rings is 4. The van der Waals surface area contributed by atoms with E-state index in [2.05, 4.69) is 122 Å². The molecular formula is C64H86Cl3N14O10S2-. The number of piperidine rings is 2. The van der Waals surface area contributed by atoms with Crippen LogP contribution in [0, 0.1) is 18.8 Å². The van der Waals surface area contributed by atoms with Crippen LogP contribution >= 0.6 is 34.8 Å². The Kier molecular flexibility index (Phi) is 27.7. The van der Waals surface area contributed by atoms with E-state index in [1.807, 2.05) is 0 Å². The highest BCUT2D eigenvalue weighted by Gasteiger charge is 2.29. The Hall–Kier alpha value is -7.32. The van der Waals surface area contributed by atoms with Gasteiger partial charge in [0.25, 0.3) is 0 Å². The number of nitrogens with one attached hydrogen (secondary N) is 5. The molecule has 0 atom stereocenters. The number of nitrogen functional groups attached to an aromatic ring is 1. The quantitative estimate of drug-likeness (QED) is 0.0179. The van der Waals surface area contributed by atoms with E-state index in [0.717, 1.165) is 134 Å². The van der Waals surface area contributed by atoms with Gasteiger partial charge in [-0.05, 0) is 97.7 Å². The fourth-order valence-corrected chi connectivity index (χ4v) is 12.6. The van der Waals surface area contributed by atoms with Crippen LogP contribution < -0.4 is 59.9 Å². The Morgan fingerprint density at radius 3 is 1.43 bits per heavy atom. The van der Waals surface area contributed by atoms with E-state index >= 15 is 0 Å². The zero-order valence-electron chi connectivity index (χ0n) is 54.2. The minimum absolute atomic E-state index is 0.0121. The third-order valence-electron chi connectivity index (χ3n) is 15.8. The van der Waals surface area contributed by atoms with Crippen molar-refractivity contribution >= 4 is 118 Å². The van der Waals surface area contributed by atoms with E-state index in [1.165, 1.54) is 68.0 Å². The summed E-state index contributed by atoms with van der Waals surface area (Å²) < 4.78 is 84.4. The molecule has 0 aliphatic carbocycles. The molecule has 506 valence electrons. The number of nitrogens with two attached hydrogens (primary N) is 1. The molecule has 0 spiro atoms. The number of sulfonamides is 2. The van der Waals surface area contributed by atoms with Crippen LogP contribution in [0.3, 0.4) is 0 Å². The molecule has 0 bridgehead atoms. The number of nitrogens with zero attached hydrogens (tertiary/aromatic N) is 8. The number of halogens is 3. The molecule has 0 radical (unpaired) electrons. The average molecular weight is 1380 g/mol. The van der Waals surface area contributed by atoms with Crippen molar-refractivity contribution in [1.29, 1.82) is 0 Å². The Bertz CT molecular complexity index is 3720. The second-order valence-corrected chi connectivity index (χ2v) is 26.6. The molecule has 0 unspecified atom stereocenters. The van der Waals surface area contributed by atoms with Crippen LogP contribution in [0.25, 0.3) is 0 Å². The molecule has 6 aromatic rings. The lowest BCUT2D eigenvalue weighted by Gasteiger charge is -2.41. The molecule has 0 saturated carbocycles. The van der Waals surface area contributed by atoms with Crippen LogP contribution in [0.1, 0.15) is 57.6 Å². The predicted molar refractivity (Wildman–Crippen MR) is 375 cm³/mol. The normalized spacial score (nSPS) is 15.7. The number of hydrogen-bond donors (Lipinski definition) is 6. The van der Waals surface area contributed by atoms with Crippen molar-refractivity contribution in [2.75, 3.05) is 161 Å². The summed E-state index contributed by atoms with van der Waals surface area (Å²) in [4.78, 5) is 26.8. The standard InChI is InChI=1S/C30H40ClN7O5S.C18H29N3O2.C12H12Cl2N4O3S.C4H5/c1-5-20-16-26(28(42-3)18-27(20)38-10-8-21(9-11-38)37-12-14-43-15-13-37)34-30-32-19-23(31)29(35-30)33-24-7-6-22(41-2)17-25(24)36-44(4,39)40;1-3-14-12-16(19)18(22-2)13-17(14)21-6-4-15(5-7-21)20-8-10-23-11-9-20;1-21-7-3-4-9(10(5-7)18-22(2,19)20)16-11-8(13)6-15-12(14)17-11;1-3-4-2/h6-7,16-19,21,36H,5,8-15H2,1-4H3,(H2,32,33,34,35);12-13,15H,3-11,19H2,1-2H3;3-6,18H,1-2H3,(H,15,16,17);1H2,2H3/q;;;-1. The molecule has 4 aromatic carbocycles. The van der Waals surface area contributed by atoms with Gasteiger partial charge in [-0.3, -0.25) is 25.2 Å². The minimum atomic E-state index is -3.56. The third-order valence-corrected chi connectivity index (χ3v) is 17.7. The summed E-state index contributed by atoms with van der Waals surface area (Å²) in [6.45, 7) is 21.1. The monoisotopic (exact) mass is 1380 g/mol. The maximum atomic E-state index is 12.0. The van der Waals surface area contributed by atoms with Gasteiger partial charge in [0.05, 0.1) is 114 Å². The zero-order valence-corrected chi connectivity index (χ0v) is 58.1. The summed E-state index contributed by atoms with van der Waals surface area (Å²) in [5.41, 5.74) is 14.0. The van der Waals surface area contributed by atoms with Crippen molar-refractivity contribution < 1.29 is 45.3 Å². The highest BCUT2D eigenvalue weighted by Crippen LogP contribution is 2.40. The topological polar surface area (TPSA) is 274 Å². The van der Waals surface area contributed by atoms with Crippen LogP contribution in [-0.2, 0) is 42.4 Å². The van der Waals surface area contributed by atoms with Gasteiger partial charge in [0.15, 0.2) is 11.6 Å². The molecule has 10 rings (SSSR count). The molecule has 2 aromatic heterocycles. The van der Waals surface area contributed by atoms with Crippen molar-refractivity contribution in [3.05, 3.63) is 106 Å². The molecular weight excluding hydrogens is 1300 g/mol. The van der Waals surface area contributed by atoms with E-state index in [1.54, 1.807) is 51.5 Å². The van der Waals surface area contributed by atoms with E-state index in [0.29, 0.717) is 52.5 Å². The van der Waals surface area contributed by atoms with Crippen LogP contribution in [0.15, 0.2) is 73.1 Å². The molecule has 4 saturated heterocycles. The van der Waals surface area contributed by atoms with Crippen LogP contribution in [0.4, 0.5) is 63.1 Å². The first-order chi connectivity index (χ1) is 44.6. The fourth-order valence-electron chi connectivity index (χ4n) is 11.1. The van der Waals surface area contributed by atoms with E-state index in [9.17, 15) is 16.8 Å². The summed E-state index contributed by atoms with van der Waals surface area (Å²) in [5, 5.41) is 9.82. The van der Waals surface area contributed by atoms with Crippen molar-refractivity contribution in [3.63, 3.8) is 0 Å². The molecule has 0 amide bonds. The Morgan fingerprint density at radius 1 is 0.581 bits per heavy atom. The number of morpholine rings is 2. The predicted octanol–water partition coefficient (Wildman–Crippen LogP) is 10.8. The minimum Gasteiger partial charge on any atom is -0.497 e. The molecule has 6 heterocycles. The highest BCUT2D eigenvalue weighted by atomic mass is 35.5. The van der Waals surface area contributed by atoms with Crippen molar-refractivity contribution in [1.82, 2.24) is 29.7 Å². The SMILES string of the molecule is CCc1cc(N)c(OC)cc1N1CCC(N2CCOCC2)CC1.CCc1cc(Nc2ncc(Cl)c(Nc3ccc(OC)cc3NS(C)(=O)=O)n2)c(OC)cc1N1CCC(N2CCOCC2)CC1.COc1ccc(Nc2nc(Cl)ncc2Cl)c(NS(C)(=O)=O)c1.[CH2-]C#CC. The smallest absolute Gasteiger partial charge is 0.229 e. The van der Waals surface area contributed by atoms with Gasteiger partial charge >= 0.3 is 0 Å². The number of hydrogen-bond acceptors (Lipinski definition) is 22. The van der Waals surface area contributed by atoms with Gasteiger partial charge in [-0.1, -0.05) is 44.0 Å². The number of ether oxygens (including phenoxy) is 6. The zero-order chi connectivity index (χ0) is 67.2. The van der Waals surface area contributed by atoms with Gasteiger partial charge in [0, 0.05) is 100 Å². The summed E-state index contributed by atoms with van der Waals surface area (Å²) in [7, 11) is -0.710. The first-order valence-electron chi connectivity index (χ1n) is 30.4. The van der Waals surface area contributed by atoms with Crippen molar-refractivity contribution in [2.45, 2.75) is 71.4 Å². The lowest BCUT2D eigenvalue weighted by Crippen LogP contribution is -2.49. The lowest BCUT2D eigenvalue weighted by molar-refractivity contribution is 0.0115. The lowest BCUT2D eigenvalue weighted by atomic mass is 10.00. The van der Waals surface area contributed by atoms with Gasteiger partial charge in [0.1, 0.15) is 33.0 Å². The molecule has 93 heavy (non-hydrogen) atoms. The number of aryl methyl sites for hydroxylation is 2. The van der Waals surface area contributed by atoms with E-state index < -0.39 is 20.0 Å². The number of anilines is 11. The van der Waals surface area contributed by atoms with Crippen molar-refractivity contribution in [3.8, 4) is 34.8 Å². The summed E-state index contributed by atoms with van der Waals surface area (Å²) in [6.07, 6.45) is 11.5. The molecule has 4 aliphatic rings. The second-order valence-electron chi connectivity index (χ2n) is 21.9. The number of aromatic nitrogens is 4. The molecule has 4 aliphatic heterocycles.